The van der Waals surface area contributed by atoms with Gasteiger partial charge in [-0.2, -0.15) is 8.78 Å². The molecule has 2 aromatic rings. The number of sulfonamides is 1. The fourth-order valence-corrected chi connectivity index (χ4v) is 2.74. The summed E-state index contributed by atoms with van der Waals surface area (Å²) in [6, 6.07) is 10.5. The van der Waals surface area contributed by atoms with E-state index in [0.717, 1.165) is 6.26 Å². The number of methoxy groups -OCH3 is 1. The van der Waals surface area contributed by atoms with Gasteiger partial charge in [0.1, 0.15) is 0 Å². The SMILES string of the molecule is COc1ccc(NC(=O)/C=C/c2ccc(NS(C)(=O)=O)cc2)cc1OC(F)F. The van der Waals surface area contributed by atoms with Crippen molar-refractivity contribution in [2.75, 3.05) is 23.4 Å². The van der Waals surface area contributed by atoms with Crippen LogP contribution in [-0.4, -0.2) is 34.3 Å². The number of hydrogen-bond donors (Lipinski definition) is 2. The van der Waals surface area contributed by atoms with Crippen LogP contribution in [0.2, 0.25) is 0 Å². The van der Waals surface area contributed by atoms with E-state index in [1.807, 2.05) is 0 Å². The molecule has 0 heterocycles. The van der Waals surface area contributed by atoms with E-state index in [1.54, 1.807) is 24.3 Å². The Morgan fingerprint density at radius 2 is 1.71 bits per heavy atom. The van der Waals surface area contributed by atoms with Crippen molar-refractivity contribution in [3.8, 4) is 11.5 Å². The third kappa shape index (κ3) is 6.88. The standard InChI is InChI=1S/C18H18F2N2O5S/c1-26-15-9-8-14(11-16(15)27-18(19)20)21-17(23)10-5-12-3-6-13(7-4-12)22-28(2,24)25/h3-11,18,22H,1-2H3,(H,21,23)/b10-5+. The van der Waals surface area contributed by atoms with Gasteiger partial charge in [0.05, 0.1) is 13.4 Å². The molecule has 0 atom stereocenters. The van der Waals surface area contributed by atoms with E-state index in [0.29, 0.717) is 11.3 Å². The largest absolute Gasteiger partial charge is 0.493 e. The molecule has 150 valence electrons. The number of amides is 1. The molecular formula is C18H18F2N2O5S. The molecule has 0 aliphatic rings. The topological polar surface area (TPSA) is 93.7 Å². The van der Waals surface area contributed by atoms with Crippen LogP contribution in [-0.2, 0) is 14.8 Å². The zero-order valence-corrected chi connectivity index (χ0v) is 15.8. The first-order valence-corrected chi connectivity index (χ1v) is 9.75. The summed E-state index contributed by atoms with van der Waals surface area (Å²) in [6.07, 6.45) is 3.80. The highest BCUT2D eigenvalue weighted by Crippen LogP contribution is 2.31. The minimum absolute atomic E-state index is 0.108. The number of ether oxygens (including phenoxy) is 2. The summed E-state index contributed by atoms with van der Waals surface area (Å²) in [7, 11) is -2.05. The quantitative estimate of drug-likeness (QED) is 0.649. The number of nitrogens with one attached hydrogen (secondary N) is 2. The number of carbonyl (C=O) groups excluding carboxylic acids is 1. The van der Waals surface area contributed by atoms with Crippen molar-refractivity contribution in [3.63, 3.8) is 0 Å². The Hall–Kier alpha value is -3.14. The van der Waals surface area contributed by atoms with Gasteiger partial charge in [-0.15, -0.1) is 0 Å². The number of anilines is 2. The van der Waals surface area contributed by atoms with Gasteiger partial charge < -0.3 is 14.8 Å². The zero-order chi connectivity index (χ0) is 20.7. The highest BCUT2D eigenvalue weighted by Gasteiger charge is 2.12. The highest BCUT2D eigenvalue weighted by molar-refractivity contribution is 7.92. The monoisotopic (exact) mass is 412 g/mol. The Kier molecular flexibility index (Phi) is 6.94. The number of alkyl halides is 2. The van der Waals surface area contributed by atoms with Crippen LogP contribution in [0.1, 0.15) is 5.56 Å². The summed E-state index contributed by atoms with van der Waals surface area (Å²) in [6.45, 7) is -3.03. The van der Waals surface area contributed by atoms with Crippen LogP contribution in [0.25, 0.3) is 6.08 Å². The Balaban J connectivity index is 2.03. The van der Waals surface area contributed by atoms with Gasteiger partial charge in [0.25, 0.3) is 0 Å². The Labute approximate surface area is 161 Å². The number of halogens is 2. The van der Waals surface area contributed by atoms with Crippen molar-refractivity contribution >= 4 is 33.4 Å². The third-order valence-electron chi connectivity index (χ3n) is 3.29. The van der Waals surface area contributed by atoms with E-state index in [9.17, 15) is 22.0 Å². The normalized spacial score (nSPS) is 11.5. The molecule has 0 aliphatic heterocycles. The van der Waals surface area contributed by atoms with E-state index >= 15 is 0 Å². The number of hydrogen-bond acceptors (Lipinski definition) is 5. The van der Waals surface area contributed by atoms with Gasteiger partial charge in [-0.1, -0.05) is 12.1 Å². The molecule has 28 heavy (non-hydrogen) atoms. The zero-order valence-electron chi connectivity index (χ0n) is 15.0. The first kappa shape index (κ1) is 21.2. The summed E-state index contributed by atoms with van der Waals surface area (Å²) >= 11 is 0. The Morgan fingerprint density at radius 1 is 1.07 bits per heavy atom. The molecule has 0 fully saturated rings. The van der Waals surface area contributed by atoms with E-state index in [2.05, 4.69) is 14.8 Å². The molecule has 2 rings (SSSR count). The molecule has 0 radical (unpaired) electrons. The van der Waals surface area contributed by atoms with Gasteiger partial charge in [-0.05, 0) is 35.9 Å². The van der Waals surface area contributed by atoms with Crippen molar-refractivity contribution in [2.24, 2.45) is 0 Å². The maximum Gasteiger partial charge on any atom is 0.387 e. The second-order valence-electron chi connectivity index (χ2n) is 5.56. The summed E-state index contributed by atoms with van der Waals surface area (Å²) < 4.78 is 58.8. The maximum absolute atomic E-state index is 12.4. The molecule has 2 N–H and O–H groups in total. The minimum atomic E-state index is -3.36. The fourth-order valence-electron chi connectivity index (χ4n) is 2.17. The molecule has 0 saturated heterocycles. The highest BCUT2D eigenvalue weighted by atomic mass is 32.2. The van der Waals surface area contributed by atoms with Crippen LogP contribution < -0.4 is 19.5 Å². The molecule has 1 amide bonds. The molecule has 0 unspecified atom stereocenters. The smallest absolute Gasteiger partial charge is 0.387 e. The first-order valence-electron chi connectivity index (χ1n) is 7.86. The van der Waals surface area contributed by atoms with Gasteiger partial charge in [0.2, 0.25) is 15.9 Å². The molecule has 7 nitrogen and oxygen atoms in total. The van der Waals surface area contributed by atoms with Crippen LogP contribution in [0.4, 0.5) is 20.2 Å². The lowest BCUT2D eigenvalue weighted by atomic mass is 10.2. The second-order valence-corrected chi connectivity index (χ2v) is 7.31. The molecule has 0 bridgehead atoms. The maximum atomic E-state index is 12.4. The van der Waals surface area contributed by atoms with Gasteiger partial charge >= 0.3 is 6.61 Å². The summed E-state index contributed by atoms with van der Waals surface area (Å²) in [5, 5.41) is 2.52. The van der Waals surface area contributed by atoms with E-state index in [4.69, 9.17) is 4.74 Å². The van der Waals surface area contributed by atoms with Gasteiger partial charge in [-0.3, -0.25) is 9.52 Å². The fraction of sp³-hybridized carbons (Fsp3) is 0.167. The predicted octanol–water partition coefficient (Wildman–Crippen LogP) is 3.32. The molecule has 0 spiro atoms. The van der Waals surface area contributed by atoms with Crippen molar-refractivity contribution in [1.29, 1.82) is 0 Å². The van der Waals surface area contributed by atoms with Crippen molar-refractivity contribution in [3.05, 3.63) is 54.1 Å². The predicted molar refractivity (Wildman–Crippen MR) is 102 cm³/mol. The first-order chi connectivity index (χ1) is 13.2. The Morgan fingerprint density at radius 3 is 2.29 bits per heavy atom. The molecular weight excluding hydrogens is 394 g/mol. The van der Waals surface area contributed by atoms with Crippen molar-refractivity contribution in [1.82, 2.24) is 0 Å². The summed E-state index contributed by atoms with van der Waals surface area (Å²) in [4.78, 5) is 12.0. The average molecular weight is 412 g/mol. The van der Waals surface area contributed by atoms with Gasteiger partial charge in [0.15, 0.2) is 11.5 Å². The van der Waals surface area contributed by atoms with E-state index in [-0.39, 0.29) is 17.2 Å². The van der Waals surface area contributed by atoms with Crippen molar-refractivity contribution < 1.29 is 31.5 Å². The molecule has 0 saturated carbocycles. The van der Waals surface area contributed by atoms with Crippen molar-refractivity contribution in [2.45, 2.75) is 6.61 Å². The lowest BCUT2D eigenvalue weighted by Crippen LogP contribution is -2.09. The summed E-state index contributed by atoms with van der Waals surface area (Å²) in [5.74, 6) is -0.587. The van der Waals surface area contributed by atoms with E-state index < -0.39 is 22.5 Å². The average Bonchev–Trinajstić information content (AvgIpc) is 2.59. The minimum Gasteiger partial charge on any atom is -0.493 e. The number of rotatable bonds is 8. The Bertz CT molecular complexity index is 960. The van der Waals surface area contributed by atoms with Crippen LogP contribution in [0.15, 0.2) is 48.5 Å². The number of benzene rings is 2. The van der Waals surface area contributed by atoms with Gasteiger partial charge in [0, 0.05) is 23.5 Å². The molecule has 0 aliphatic carbocycles. The molecule has 10 heteroatoms. The van der Waals surface area contributed by atoms with Crippen LogP contribution in [0, 0.1) is 0 Å². The molecule has 2 aromatic carbocycles. The van der Waals surface area contributed by atoms with Crippen LogP contribution in [0.3, 0.4) is 0 Å². The second kappa shape index (κ2) is 9.18. The lowest BCUT2D eigenvalue weighted by Gasteiger charge is -2.11. The summed E-state index contributed by atoms with van der Waals surface area (Å²) in [5.41, 5.74) is 1.30. The van der Waals surface area contributed by atoms with E-state index in [1.165, 1.54) is 37.5 Å². The third-order valence-corrected chi connectivity index (χ3v) is 3.89. The van der Waals surface area contributed by atoms with Crippen LogP contribution >= 0.6 is 0 Å². The van der Waals surface area contributed by atoms with Gasteiger partial charge in [-0.25, -0.2) is 8.42 Å². The lowest BCUT2D eigenvalue weighted by molar-refractivity contribution is -0.111. The number of carbonyl (C=O) groups is 1. The molecule has 0 aromatic heterocycles. The van der Waals surface area contributed by atoms with Crippen LogP contribution in [0.5, 0.6) is 11.5 Å².